The molecule has 10 heteroatoms. The van der Waals surface area contributed by atoms with Crippen molar-refractivity contribution in [2.75, 3.05) is 26.4 Å². The first-order valence-corrected chi connectivity index (χ1v) is 22.1. The third-order valence-corrected chi connectivity index (χ3v) is 9.66. The van der Waals surface area contributed by atoms with Crippen LogP contribution in [-0.4, -0.2) is 55.5 Å². The van der Waals surface area contributed by atoms with Crippen molar-refractivity contribution in [1.82, 2.24) is 0 Å². The van der Waals surface area contributed by atoms with E-state index in [-0.39, 0.29) is 32.8 Å². The molecule has 1 aliphatic rings. The lowest BCUT2D eigenvalue weighted by molar-refractivity contribution is -0.153. The summed E-state index contributed by atoms with van der Waals surface area (Å²) >= 11 is 0. The molecular formula is C43H74NO8P. The number of hydrogen-bond donors (Lipinski definition) is 2. The number of phosphoric ester groups is 1. The average Bonchev–Trinajstić information content (AvgIpc) is 3.92. The second-order valence-corrected chi connectivity index (χ2v) is 15.0. The number of carbonyl (C=O) groups excluding carboxylic acids is 1. The molecule has 0 spiro atoms. The highest BCUT2D eigenvalue weighted by molar-refractivity contribution is 7.47. The highest BCUT2D eigenvalue weighted by Crippen LogP contribution is 2.43. The van der Waals surface area contributed by atoms with Gasteiger partial charge in [0.15, 0.2) is 6.10 Å². The Morgan fingerprint density at radius 2 is 1.25 bits per heavy atom. The van der Waals surface area contributed by atoms with E-state index in [1.807, 2.05) is 6.08 Å². The predicted octanol–water partition coefficient (Wildman–Crippen LogP) is 11.3. The van der Waals surface area contributed by atoms with E-state index in [1.54, 1.807) is 6.26 Å². The zero-order valence-corrected chi connectivity index (χ0v) is 34.1. The van der Waals surface area contributed by atoms with Crippen LogP contribution in [0.15, 0.2) is 73.1 Å². The van der Waals surface area contributed by atoms with Crippen LogP contribution < -0.4 is 5.73 Å². The minimum Gasteiger partial charge on any atom is -0.498 e. The van der Waals surface area contributed by atoms with Gasteiger partial charge in [0.05, 0.1) is 31.7 Å². The van der Waals surface area contributed by atoms with Gasteiger partial charge in [0.1, 0.15) is 6.61 Å². The lowest BCUT2D eigenvalue weighted by Crippen LogP contribution is -2.27. The molecule has 1 heterocycles. The summed E-state index contributed by atoms with van der Waals surface area (Å²) in [5.74, 6) is -0.423. The number of allylic oxidation sites excluding steroid dienone is 10. The number of unbranched alkanes of at least 4 members (excludes halogenated alkanes) is 12. The van der Waals surface area contributed by atoms with Gasteiger partial charge in [-0.15, -0.1) is 0 Å². The summed E-state index contributed by atoms with van der Waals surface area (Å²) in [5, 5.41) is 0. The smallest absolute Gasteiger partial charge is 0.472 e. The predicted molar refractivity (Wildman–Crippen MR) is 218 cm³/mol. The van der Waals surface area contributed by atoms with Crippen molar-refractivity contribution < 1.29 is 37.5 Å². The lowest BCUT2D eigenvalue weighted by atomic mass is 10.1. The van der Waals surface area contributed by atoms with E-state index in [1.165, 1.54) is 70.6 Å². The first kappa shape index (κ1) is 48.8. The number of phosphoric acid groups is 1. The van der Waals surface area contributed by atoms with Crippen LogP contribution in [0.25, 0.3) is 0 Å². The Balaban J connectivity index is 2.22. The standard InChI is InChI=1S/C43H74NO8P/c1-3-5-6-7-8-9-10-11-12-13-17-20-23-26-29-32-36-48-38-40(39-50-53(46,47)49-37-35-44)51-43(45)34-31-28-25-22-19-16-14-15-18-21-24-27-30-33-42-41(4-2)52-42/h14,16,18,21-23,25-27,30,32,36,40-42H,3-13,15,17,19-20,24,28-29,31,33-35,37-39,44H2,1-2H3,(H,46,47). The van der Waals surface area contributed by atoms with Crippen LogP contribution in [0.4, 0.5) is 0 Å². The zero-order chi connectivity index (χ0) is 38.5. The average molecular weight is 764 g/mol. The molecule has 0 saturated carbocycles. The monoisotopic (exact) mass is 764 g/mol. The van der Waals surface area contributed by atoms with Crippen molar-refractivity contribution in [3.05, 3.63) is 73.1 Å². The molecule has 4 unspecified atom stereocenters. The van der Waals surface area contributed by atoms with E-state index in [2.05, 4.69) is 74.6 Å². The molecule has 9 nitrogen and oxygen atoms in total. The molecule has 3 N–H and O–H groups in total. The summed E-state index contributed by atoms with van der Waals surface area (Å²) in [6.45, 7) is 4.01. The van der Waals surface area contributed by atoms with Gasteiger partial charge in [-0.25, -0.2) is 4.57 Å². The molecule has 0 aromatic rings. The quantitative estimate of drug-likeness (QED) is 0.0159. The number of nitrogens with two attached hydrogens (primary N) is 1. The van der Waals surface area contributed by atoms with Gasteiger partial charge in [-0.1, -0.05) is 139 Å². The van der Waals surface area contributed by atoms with Crippen LogP contribution in [0.5, 0.6) is 0 Å². The minimum absolute atomic E-state index is 0.0189. The molecule has 0 aromatic carbocycles. The van der Waals surface area contributed by atoms with Crippen molar-refractivity contribution in [1.29, 1.82) is 0 Å². The molecule has 4 atom stereocenters. The molecule has 0 radical (unpaired) electrons. The number of hydrogen-bond acceptors (Lipinski definition) is 8. The van der Waals surface area contributed by atoms with Crippen molar-refractivity contribution >= 4 is 13.8 Å². The van der Waals surface area contributed by atoms with E-state index >= 15 is 0 Å². The van der Waals surface area contributed by atoms with Crippen LogP contribution in [0, 0.1) is 0 Å². The van der Waals surface area contributed by atoms with Crippen molar-refractivity contribution in [2.24, 2.45) is 5.73 Å². The van der Waals surface area contributed by atoms with Crippen LogP contribution >= 0.6 is 7.82 Å². The largest absolute Gasteiger partial charge is 0.498 e. The second kappa shape index (κ2) is 35.4. The molecule has 53 heavy (non-hydrogen) atoms. The maximum atomic E-state index is 12.5. The topological polar surface area (TPSA) is 130 Å². The van der Waals surface area contributed by atoms with E-state index in [9.17, 15) is 14.3 Å². The highest BCUT2D eigenvalue weighted by atomic mass is 31.2. The third kappa shape index (κ3) is 32.9. The van der Waals surface area contributed by atoms with Crippen LogP contribution in [-0.2, 0) is 32.6 Å². The molecule has 0 aromatic heterocycles. The van der Waals surface area contributed by atoms with Crippen LogP contribution in [0.2, 0.25) is 0 Å². The van der Waals surface area contributed by atoms with Gasteiger partial charge in [0.2, 0.25) is 0 Å². The van der Waals surface area contributed by atoms with Gasteiger partial charge in [0, 0.05) is 13.0 Å². The zero-order valence-electron chi connectivity index (χ0n) is 33.2. The third-order valence-electron chi connectivity index (χ3n) is 8.67. The van der Waals surface area contributed by atoms with Gasteiger partial charge < -0.3 is 24.8 Å². The summed E-state index contributed by atoms with van der Waals surface area (Å²) in [6.07, 6.45) is 47.9. The molecule has 1 saturated heterocycles. The Bertz CT molecular complexity index is 1100. The molecule has 0 amide bonds. The van der Waals surface area contributed by atoms with Crippen molar-refractivity contribution in [2.45, 2.75) is 167 Å². The second-order valence-electron chi connectivity index (χ2n) is 13.6. The molecule has 1 fully saturated rings. The summed E-state index contributed by atoms with van der Waals surface area (Å²) in [5.41, 5.74) is 5.35. The van der Waals surface area contributed by atoms with Gasteiger partial charge in [0.25, 0.3) is 0 Å². The Kier molecular flexibility index (Phi) is 32.6. The van der Waals surface area contributed by atoms with Gasteiger partial charge in [-0.3, -0.25) is 13.8 Å². The number of ether oxygens (including phenoxy) is 3. The molecular weight excluding hydrogens is 689 g/mol. The molecule has 304 valence electrons. The maximum absolute atomic E-state index is 12.5. The fraction of sp³-hybridized carbons (Fsp3) is 0.698. The minimum atomic E-state index is -4.32. The van der Waals surface area contributed by atoms with Gasteiger partial charge in [-0.05, 0) is 70.3 Å². The summed E-state index contributed by atoms with van der Waals surface area (Å²) in [7, 11) is -4.32. The number of carbonyl (C=O) groups is 1. The first-order chi connectivity index (χ1) is 25.9. The fourth-order valence-corrected chi connectivity index (χ4v) is 6.29. The Morgan fingerprint density at radius 1 is 0.698 bits per heavy atom. The van der Waals surface area contributed by atoms with E-state index in [0.29, 0.717) is 18.6 Å². The fourth-order valence-electron chi connectivity index (χ4n) is 5.52. The summed E-state index contributed by atoms with van der Waals surface area (Å²) in [4.78, 5) is 22.4. The highest BCUT2D eigenvalue weighted by Gasteiger charge is 2.35. The van der Waals surface area contributed by atoms with Gasteiger partial charge >= 0.3 is 13.8 Å². The number of esters is 1. The first-order valence-electron chi connectivity index (χ1n) is 20.6. The molecule has 1 rings (SSSR count). The maximum Gasteiger partial charge on any atom is 0.472 e. The normalized spacial score (nSPS) is 18.0. The molecule has 1 aliphatic heterocycles. The summed E-state index contributed by atoms with van der Waals surface area (Å²) in [6, 6.07) is 0. The van der Waals surface area contributed by atoms with E-state index in [0.717, 1.165) is 51.4 Å². The SMILES string of the molecule is CCCCCCCCCCCCCC=CCC=COCC(COP(=O)(O)OCCN)OC(=O)CCCC=CCC=CCC=CCC=CCC1OC1CC. The van der Waals surface area contributed by atoms with E-state index < -0.39 is 19.9 Å². The summed E-state index contributed by atoms with van der Waals surface area (Å²) < 4.78 is 38.5. The Hall–Kier alpha value is -2.26. The molecule has 0 bridgehead atoms. The number of rotatable bonds is 37. The number of epoxide rings is 1. The Labute approximate surface area is 322 Å². The van der Waals surface area contributed by atoms with Crippen molar-refractivity contribution in [3.8, 4) is 0 Å². The lowest BCUT2D eigenvalue weighted by Gasteiger charge is -2.19. The van der Waals surface area contributed by atoms with E-state index in [4.69, 9.17) is 29.0 Å². The van der Waals surface area contributed by atoms with Crippen LogP contribution in [0.1, 0.15) is 149 Å². The van der Waals surface area contributed by atoms with Gasteiger partial charge in [-0.2, -0.15) is 0 Å². The Morgan fingerprint density at radius 3 is 1.83 bits per heavy atom. The van der Waals surface area contributed by atoms with Crippen LogP contribution in [0.3, 0.4) is 0 Å². The molecule has 0 aliphatic carbocycles. The van der Waals surface area contributed by atoms with Crippen molar-refractivity contribution in [3.63, 3.8) is 0 Å².